The monoisotopic (exact) mass is 200 g/mol. The number of nitrogens with one attached hydrogen (secondary N) is 2. The molecule has 2 amide bonds. The van der Waals surface area contributed by atoms with Gasteiger partial charge in [-0.15, -0.1) is 0 Å². The minimum Gasteiger partial charge on any atom is -0.376 e. The van der Waals surface area contributed by atoms with Crippen molar-refractivity contribution in [2.45, 2.75) is 32.6 Å². The van der Waals surface area contributed by atoms with Crippen LogP contribution in [0.5, 0.6) is 0 Å². The summed E-state index contributed by atoms with van der Waals surface area (Å²) in [5.74, 6) is 0. The zero-order valence-electron chi connectivity index (χ0n) is 8.75. The number of unbranched alkanes of at least 4 members (excludes halogenated alkanes) is 2. The van der Waals surface area contributed by atoms with Crippen LogP contribution in [0.15, 0.2) is 12.2 Å². The Morgan fingerprint density at radius 3 is 2.64 bits per heavy atom. The van der Waals surface area contributed by atoms with Crippen LogP contribution in [0.1, 0.15) is 32.6 Å². The molecule has 0 aromatic carbocycles. The molecule has 0 aliphatic carbocycles. The van der Waals surface area contributed by atoms with E-state index in [0.717, 1.165) is 12.8 Å². The van der Waals surface area contributed by atoms with Crippen molar-refractivity contribution in [3.05, 3.63) is 12.2 Å². The first-order chi connectivity index (χ1) is 6.81. The van der Waals surface area contributed by atoms with Crippen molar-refractivity contribution < 1.29 is 9.90 Å². The number of allylic oxidation sites excluding steroid dienone is 1. The van der Waals surface area contributed by atoms with Crippen LogP contribution in [0.25, 0.3) is 0 Å². The number of urea groups is 1. The van der Waals surface area contributed by atoms with E-state index in [-0.39, 0.29) is 12.8 Å². The maximum absolute atomic E-state index is 10.8. The summed E-state index contributed by atoms with van der Waals surface area (Å²) in [4.78, 5) is 10.8. The average Bonchev–Trinajstić information content (AvgIpc) is 2.17. The predicted molar refractivity (Wildman–Crippen MR) is 56.9 cm³/mol. The Bertz CT molecular complexity index is 170. The zero-order valence-corrected chi connectivity index (χ0v) is 8.75. The Balaban J connectivity index is 3.19. The molecule has 0 unspecified atom stereocenters. The molecule has 0 saturated heterocycles. The van der Waals surface area contributed by atoms with Crippen LogP contribution in [0.2, 0.25) is 0 Å². The first-order valence-electron chi connectivity index (χ1n) is 5.08. The zero-order chi connectivity index (χ0) is 10.6. The second-order valence-electron chi connectivity index (χ2n) is 2.99. The molecule has 14 heavy (non-hydrogen) atoms. The Morgan fingerprint density at radius 1 is 1.29 bits per heavy atom. The minimum atomic E-state index is -0.325. The van der Waals surface area contributed by atoms with Gasteiger partial charge in [0.2, 0.25) is 0 Å². The van der Waals surface area contributed by atoms with Gasteiger partial charge in [0.25, 0.3) is 0 Å². The van der Waals surface area contributed by atoms with Gasteiger partial charge >= 0.3 is 6.03 Å². The summed E-state index contributed by atoms with van der Waals surface area (Å²) in [6.07, 6.45) is 8.57. The number of hydrogen-bond acceptors (Lipinski definition) is 2. The van der Waals surface area contributed by atoms with Crippen molar-refractivity contribution in [1.82, 2.24) is 10.6 Å². The summed E-state index contributed by atoms with van der Waals surface area (Å²) in [6, 6.07) is -0.325. The van der Waals surface area contributed by atoms with E-state index < -0.39 is 0 Å². The third-order valence-electron chi connectivity index (χ3n) is 1.73. The number of aliphatic hydroxyl groups is 1. The number of carbonyl (C=O) groups excluding carboxylic acids is 1. The molecule has 0 spiro atoms. The lowest BCUT2D eigenvalue weighted by Gasteiger charge is -2.02. The fourth-order valence-corrected chi connectivity index (χ4v) is 0.961. The summed E-state index contributed by atoms with van der Waals surface area (Å²) in [5.41, 5.74) is 0. The molecule has 0 aromatic rings. The molecule has 0 heterocycles. The van der Waals surface area contributed by atoms with Crippen LogP contribution in [0.3, 0.4) is 0 Å². The van der Waals surface area contributed by atoms with Gasteiger partial charge in [-0.05, 0) is 12.8 Å². The third kappa shape index (κ3) is 9.06. The summed E-state index contributed by atoms with van der Waals surface area (Å²) >= 11 is 0. The molecule has 4 nitrogen and oxygen atoms in total. The molecule has 0 saturated carbocycles. The second kappa shape index (κ2) is 10.1. The van der Waals surface area contributed by atoms with Crippen LogP contribution in [-0.4, -0.2) is 24.4 Å². The topological polar surface area (TPSA) is 61.4 Å². The van der Waals surface area contributed by atoms with E-state index in [1.165, 1.54) is 12.8 Å². The maximum atomic E-state index is 10.8. The number of rotatable bonds is 7. The molecule has 0 bridgehead atoms. The molecule has 0 aliphatic heterocycles. The van der Waals surface area contributed by atoms with Crippen molar-refractivity contribution in [3.8, 4) is 0 Å². The lowest BCUT2D eigenvalue weighted by atomic mass is 10.2. The third-order valence-corrected chi connectivity index (χ3v) is 1.73. The Morgan fingerprint density at radius 2 is 2.00 bits per heavy atom. The van der Waals surface area contributed by atoms with E-state index in [1.54, 1.807) is 0 Å². The first-order valence-corrected chi connectivity index (χ1v) is 5.08. The first kappa shape index (κ1) is 13.0. The largest absolute Gasteiger partial charge is 0.376 e. The van der Waals surface area contributed by atoms with E-state index in [2.05, 4.69) is 29.7 Å². The van der Waals surface area contributed by atoms with Gasteiger partial charge < -0.3 is 15.7 Å². The summed E-state index contributed by atoms with van der Waals surface area (Å²) < 4.78 is 0. The number of aliphatic hydroxyl groups excluding tert-OH is 1. The molecule has 0 fully saturated rings. The standard InChI is InChI=1S/C10H20N2O2/c1-2-3-4-5-6-7-8-11-10(14)12-9-13/h5-6,13H,2-4,7-9H2,1H3,(H2,11,12,14)/b6-5+. The fraction of sp³-hybridized carbons (Fsp3) is 0.700. The summed E-state index contributed by atoms with van der Waals surface area (Å²) in [5, 5.41) is 13.2. The van der Waals surface area contributed by atoms with Crippen molar-refractivity contribution in [3.63, 3.8) is 0 Å². The quantitative estimate of drug-likeness (QED) is 0.330. The number of hydrogen-bond donors (Lipinski definition) is 3. The predicted octanol–water partition coefficient (Wildman–Crippen LogP) is 1.37. The van der Waals surface area contributed by atoms with Gasteiger partial charge in [-0.3, -0.25) is 0 Å². The summed E-state index contributed by atoms with van der Waals surface area (Å²) in [6.45, 7) is 2.45. The van der Waals surface area contributed by atoms with Crippen molar-refractivity contribution in [2.75, 3.05) is 13.3 Å². The van der Waals surface area contributed by atoms with Gasteiger partial charge in [0.15, 0.2) is 0 Å². The highest BCUT2D eigenvalue weighted by Crippen LogP contribution is 1.95. The van der Waals surface area contributed by atoms with E-state index >= 15 is 0 Å². The lowest BCUT2D eigenvalue weighted by Crippen LogP contribution is -2.36. The van der Waals surface area contributed by atoms with Crippen molar-refractivity contribution in [1.29, 1.82) is 0 Å². The normalized spacial score (nSPS) is 10.4. The molecule has 3 N–H and O–H groups in total. The Hall–Kier alpha value is -1.03. The van der Waals surface area contributed by atoms with Crippen LogP contribution in [0, 0.1) is 0 Å². The van der Waals surface area contributed by atoms with Gasteiger partial charge in [-0.1, -0.05) is 31.9 Å². The molecule has 0 rings (SSSR count). The molecular weight excluding hydrogens is 180 g/mol. The van der Waals surface area contributed by atoms with E-state index in [4.69, 9.17) is 5.11 Å². The van der Waals surface area contributed by atoms with Gasteiger partial charge in [-0.25, -0.2) is 4.79 Å². The highest BCUT2D eigenvalue weighted by Gasteiger charge is 1.93. The Kier molecular flexibility index (Phi) is 9.31. The molecule has 4 heteroatoms. The smallest absolute Gasteiger partial charge is 0.316 e. The highest BCUT2D eigenvalue weighted by atomic mass is 16.3. The molecule has 0 atom stereocenters. The lowest BCUT2D eigenvalue weighted by molar-refractivity contribution is 0.218. The second-order valence-corrected chi connectivity index (χ2v) is 2.99. The van der Waals surface area contributed by atoms with Crippen molar-refractivity contribution in [2.24, 2.45) is 0 Å². The van der Waals surface area contributed by atoms with E-state index in [1.807, 2.05) is 0 Å². The maximum Gasteiger partial charge on any atom is 0.316 e. The minimum absolute atomic E-state index is 0.321. The van der Waals surface area contributed by atoms with Crippen LogP contribution in [0.4, 0.5) is 4.79 Å². The van der Waals surface area contributed by atoms with E-state index in [0.29, 0.717) is 6.54 Å². The average molecular weight is 200 g/mol. The molecular formula is C10H20N2O2. The molecule has 82 valence electrons. The number of carbonyl (C=O) groups is 1. The molecule has 0 aromatic heterocycles. The van der Waals surface area contributed by atoms with Crippen LogP contribution in [-0.2, 0) is 0 Å². The van der Waals surface area contributed by atoms with E-state index in [9.17, 15) is 4.79 Å². The molecule has 0 aliphatic rings. The van der Waals surface area contributed by atoms with Crippen LogP contribution < -0.4 is 10.6 Å². The van der Waals surface area contributed by atoms with Gasteiger partial charge in [0.1, 0.15) is 6.73 Å². The highest BCUT2D eigenvalue weighted by molar-refractivity contribution is 5.73. The van der Waals surface area contributed by atoms with Crippen LogP contribution >= 0.6 is 0 Å². The fourth-order valence-electron chi connectivity index (χ4n) is 0.961. The Labute approximate surface area is 85.4 Å². The number of amides is 2. The van der Waals surface area contributed by atoms with Gasteiger partial charge in [0, 0.05) is 6.54 Å². The summed E-state index contributed by atoms with van der Waals surface area (Å²) in [7, 11) is 0. The van der Waals surface area contributed by atoms with Crippen molar-refractivity contribution >= 4 is 6.03 Å². The SMILES string of the molecule is CCCC/C=C/CCNC(=O)NCO. The van der Waals surface area contributed by atoms with Gasteiger partial charge in [-0.2, -0.15) is 0 Å². The molecule has 0 radical (unpaired) electrons. The van der Waals surface area contributed by atoms with Gasteiger partial charge in [0.05, 0.1) is 0 Å².